The second-order valence-corrected chi connectivity index (χ2v) is 2.98. The molecule has 2 aromatic carbocycles. The molecule has 0 N–H and O–H groups in total. The standard InChI is InChI=1S/C12H9BO/c13-10-6-8-12(9-7-10)14-11-4-2-1-3-5-11/h1-9H. The molecule has 0 atom stereocenters. The zero-order valence-corrected chi connectivity index (χ0v) is 7.68. The third-order valence-corrected chi connectivity index (χ3v) is 1.86. The van der Waals surface area contributed by atoms with E-state index in [9.17, 15) is 0 Å². The van der Waals surface area contributed by atoms with Gasteiger partial charge in [-0.05, 0) is 24.3 Å². The molecule has 2 radical (unpaired) electrons. The van der Waals surface area contributed by atoms with Crippen LogP contribution < -0.4 is 10.2 Å². The lowest BCUT2D eigenvalue weighted by atomic mass is 9.97. The number of benzene rings is 2. The average molecular weight is 180 g/mol. The highest BCUT2D eigenvalue weighted by molar-refractivity contribution is 6.32. The Hall–Kier alpha value is -1.70. The first-order valence-corrected chi connectivity index (χ1v) is 4.43. The van der Waals surface area contributed by atoms with Gasteiger partial charge in [-0.15, -0.1) is 0 Å². The summed E-state index contributed by atoms with van der Waals surface area (Å²) in [5.74, 6) is 1.63. The largest absolute Gasteiger partial charge is 0.457 e. The Morgan fingerprint density at radius 1 is 0.714 bits per heavy atom. The van der Waals surface area contributed by atoms with Gasteiger partial charge in [0.15, 0.2) is 0 Å². The van der Waals surface area contributed by atoms with Crippen molar-refractivity contribution >= 4 is 13.3 Å². The predicted octanol–water partition coefficient (Wildman–Crippen LogP) is 2.27. The molecule has 0 fully saturated rings. The topological polar surface area (TPSA) is 9.23 Å². The molecule has 0 unspecified atom stereocenters. The van der Waals surface area contributed by atoms with E-state index >= 15 is 0 Å². The fourth-order valence-electron chi connectivity index (χ4n) is 1.16. The summed E-state index contributed by atoms with van der Waals surface area (Å²) in [6.07, 6.45) is 0. The van der Waals surface area contributed by atoms with E-state index < -0.39 is 0 Å². The van der Waals surface area contributed by atoms with Crippen LogP contribution in [-0.2, 0) is 0 Å². The third kappa shape index (κ3) is 2.16. The highest BCUT2D eigenvalue weighted by Crippen LogP contribution is 2.18. The second-order valence-electron chi connectivity index (χ2n) is 2.98. The van der Waals surface area contributed by atoms with Crippen LogP contribution in [0.4, 0.5) is 0 Å². The Kier molecular flexibility index (Phi) is 2.54. The maximum absolute atomic E-state index is 5.58. The van der Waals surface area contributed by atoms with Crippen molar-refractivity contribution in [2.45, 2.75) is 0 Å². The van der Waals surface area contributed by atoms with E-state index in [2.05, 4.69) is 0 Å². The molecule has 0 saturated carbocycles. The van der Waals surface area contributed by atoms with E-state index in [1.807, 2.05) is 54.6 Å². The molecule has 66 valence electrons. The smallest absolute Gasteiger partial charge is 0.127 e. The minimum atomic E-state index is 0.741. The Bertz CT molecular complexity index is 394. The number of hydrogen-bond acceptors (Lipinski definition) is 1. The van der Waals surface area contributed by atoms with Gasteiger partial charge >= 0.3 is 0 Å². The van der Waals surface area contributed by atoms with Gasteiger partial charge < -0.3 is 4.74 Å². The van der Waals surface area contributed by atoms with Gasteiger partial charge in [0.05, 0.1) is 0 Å². The van der Waals surface area contributed by atoms with Crippen molar-refractivity contribution in [3.05, 3.63) is 54.6 Å². The molecule has 0 amide bonds. The van der Waals surface area contributed by atoms with Gasteiger partial charge in [-0.25, -0.2) is 0 Å². The van der Waals surface area contributed by atoms with Gasteiger partial charge in [-0.2, -0.15) is 0 Å². The lowest BCUT2D eigenvalue weighted by Gasteiger charge is -2.04. The molecule has 1 nitrogen and oxygen atoms in total. The summed E-state index contributed by atoms with van der Waals surface area (Å²) in [7, 11) is 5.56. The van der Waals surface area contributed by atoms with E-state index in [1.54, 1.807) is 0 Å². The molecule has 0 spiro atoms. The van der Waals surface area contributed by atoms with Gasteiger partial charge in [-0.3, -0.25) is 0 Å². The van der Waals surface area contributed by atoms with E-state index in [0.29, 0.717) is 0 Å². The summed E-state index contributed by atoms with van der Waals surface area (Å²) >= 11 is 0. The van der Waals surface area contributed by atoms with E-state index in [1.165, 1.54) is 0 Å². The van der Waals surface area contributed by atoms with Gasteiger partial charge in [0, 0.05) is 0 Å². The van der Waals surface area contributed by atoms with E-state index in [-0.39, 0.29) is 0 Å². The van der Waals surface area contributed by atoms with Gasteiger partial charge in [-0.1, -0.05) is 35.8 Å². The van der Waals surface area contributed by atoms with Crippen LogP contribution in [0.25, 0.3) is 0 Å². The molecule has 2 aromatic rings. The average Bonchev–Trinajstić information content (AvgIpc) is 2.23. The lowest BCUT2D eigenvalue weighted by Crippen LogP contribution is -1.99. The van der Waals surface area contributed by atoms with Gasteiger partial charge in [0.1, 0.15) is 19.3 Å². The highest BCUT2D eigenvalue weighted by atomic mass is 16.5. The second kappa shape index (κ2) is 4.01. The molecular formula is C12H9BO. The molecule has 0 bridgehead atoms. The van der Waals surface area contributed by atoms with Crippen molar-refractivity contribution in [3.63, 3.8) is 0 Å². The normalized spacial score (nSPS) is 9.71. The van der Waals surface area contributed by atoms with Gasteiger partial charge in [0.2, 0.25) is 0 Å². The van der Waals surface area contributed by atoms with Crippen molar-refractivity contribution in [2.24, 2.45) is 0 Å². The molecule has 0 aliphatic rings. The molecule has 2 heteroatoms. The predicted molar refractivity (Wildman–Crippen MR) is 58.3 cm³/mol. The Balaban J connectivity index is 2.16. The number of ether oxygens (including phenoxy) is 1. The first-order chi connectivity index (χ1) is 6.84. The van der Waals surface area contributed by atoms with Crippen molar-refractivity contribution in [3.8, 4) is 11.5 Å². The summed E-state index contributed by atoms with van der Waals surface area (Å²) in [5, 5.41) is 0. The van der Waals surface area contributed by atoms with E-state index in [0.717, 1.165) is 17.0 Å². The molecule has 14 heavy (non-hydrogen) atoms. The molecule has 0 aliphatic heterocycles. The maximum atomic E-state index is 5.58. The summed E-state index contributed by atoms with van der Waals surface area (Å²) in [4.78, 5) is 0. The van der Waals surface area contributed by atoms with Crippen LogP contribution >= 0.6 is 0 Å². The van der Waals surface area contributed by atoms with Crippen molar-refractivity contribution in [2.75, 3.05) is 0 Å². The number of hydrogen-bond donors (Lipinski definition) is 0. The molecule has 0 aliphatic carbocycles. The fourth-order valence-corrected chi connectivity index (χ4v) is 1.16. The summed E-state index contributed by atoms with van der Waals surface area (Å²) in [6, 6.07) is 17.0. The van der Waals surface area contributed by atoms with E-state index in [4.69, 9.17) is 12.6 Å². The van der Waals surface area contributed by atoms with Crippen LogP contribution in [0.2, 0.25) is 0 Å². The molecule has 0 heterocycles. The van der Waals surface area contributed by atoms with Crippen LogP contribution in [0.5, 0.6) is 11.5 Å². The fraction of sp³-hybridized carbons (Fsp3) is 0. The third-order valence-electron chi connectivity index (χ3n) is 1.86. The molecule has 0 saturated heterocycles. The Labute approximate surface area is 84.8 Å². The Morgan fingerprint density at radius 2 is 1.29 bits per heavy atom. The quantitative estimate of drug-likeness (QED) is 0.644. The van der Waals surface area contributed by atoms with Gasteiger partial charge in [0.25, 0.3) is 0 Å². The van der Waals surface area contributed by atoms with Crippen LogP contribution in [0, 0.1) is 0 Å². The summed E-state index contributed by atoms with van der Waals surface area (Å²) in [5.41, 5.74) is 0.741. The zero-order chi connectivity index (χ0) is 9.80. The summed E-state index contributed by atoms with van der Waals surface area (Å²) in [6.45, 7) is 0. The first-order valence-electron chi connectivity index (χ1n) is 4.43. The molecular weight excluding hydrogens is 171 g/mol. The maximum Gasteiger partial charge on any atom is 0.127 e. The first kappa shape index (κ1) is 8.88. The lowest BCUT2D eigenvalue weighted by molar-refractivity contribution is 0.483. The van der Waals surface area contributed by atoms with Crippen molar-refractivity contribution in [1.82, 2.24) is 0 Å². The molecule has 2 rings (SSSR count). The zero-order valence-electron chi connectivity index (χ0n) is 7.68. The monoisotopic (exact) mass is 180 g/mol. The minimum Gasteiger partial charge on any atom is -0.457 e. The number of rotatable bonds is 2. The SMILES string of the molecule is [B]c1ccc(Oc2ccccc2)cc1. The summed E-state index contributed by atoms with van der Waals surface area (Å²) < 4.78 is 5.58. The van der Waals surface area contributed by atoms with Crippen molar-refractivity contribution < 1.29 is 4.74 Å². The molecule has 0 aromatic heterocycles. The van der Waals surface area contributed by atoms with Crippen LogP contribution in [-0.4, -0.2) is 7.85 Å². The van der Waals surface area contributed by atoms with Crippen LogP contribution in [0.15, 0.2) is 54.6 Å². The number of para-hydroxylation sites is 1. The Morgan fingerprint density at radius 3 is 1.93 bits per heavy atom. The van der Waals surface area contributed by atoms with Crippen molar-refractivity contribution in [1.29, 1.82) is 0 Å². The highest BCUT2D eigenvalue weighted by Gasteiger charge is 1.94. The van der Waals surface area contributed by atoms with Crippen LogP contribution in [0.1, 0.15) is 0 Å². The minimum absolute atomic E-state index is 0.741. The van der Waals surface area contributed by atoms with Crippen LogP contribution in [0.3, 0.4) is 0 Å².